The average molecular weight is 447 g/mol. The summed E-state index contributed by atoms with van der Waals surface area (Å²) in [6, 6.07) is 7.11. The van der Waals surface area contributed by atoms with Crippen molar-refractivity contribution in [2.45, 2.75) is 30.4 Å². The predicted molar refractivity (Wildman–Crippen MR) is 118 cm³/mol. The molecule has 1 atom stereocenters. The van der Waals surface area contributed by atoms with Crippen molar-refractivity contribution < 1.29 is 13.2 Å². The molecule has 2 aromatic rings. The molecule has 1 unspecified atom stereocenters. The molecule has 0 bridgehead atoms. The quantitative estimate of drug-likeness (QED) is 0.551. The zero-order valence-corrected chi connectivity index (χ0v) is 18.9. The lowest BCUT2D eigenvalue weighted by molar-refractivity contribution is -0.00805. The van der Waals surface area contributed by atoms with Gasteiger partial charge >= 0.3 is 0 Å². The van der Waals surface area contributed by atoms with Crippen LogP contribution in [0.1, 0.15) is 30.1 Å². The maximum Gasteiger partial charge on any atom is 0.243 e. The Kier molecular flexibility index (Phi) is 6.59. The van der Waals surface area contributed by atoms with Gasteiger partial charge in [-0.3, -0.25) is 9.67 Å². The molecule has 1 aromatic heterocycles. The number of rotatable bonds is 5. The summed E-state index contributed by atoms with van der Waals surface area (Å²) in [5.74, 6) is 0.797. The van der Waals surface area contributed by atoms with Crippen LogP contribution in [-0.4, -0.2) is 73.2 Å². The number of guanidine groups is 1. The summed E-state index contributed by atoms with van der Waals surface area (Å²) in [6.45, 7) is 3.85. The van der Waals surface area contributed by atoms with Gasteiger partial charge in [-0.2, -0.15) is 9.40 Å². The van der Waals surface area contributed by atoms with E-state index < -0.39 is 10.0 Å². The van der Waals surface area contributed by atoms with Crippen molar-refractivity contribution in [2.24, 2.45) is 12.0 Å². The first-order valence-corrected chi connectivity index (χ1v) is 12.1. The number of aliphatic imine (C=N–C) groups is 1. The van der Waals surface area contributed by atoms with Crippen LogP contribution in [0.4, 0.5) is 0 Å². The second-order valence-electron chi connectivity index (χ2n) is 7.91. The lowest BCUT2D eigenvalue weighted by Crippen LogP contribution is -2.47. The van der Waals surface area contributed by atoms with Gasteiger partial charge in [0, 0.05) is 52.0 Å². The first-order valence-electron chi connectivity index (χ1n) is 10.6. The molecule has 31 heavy (non-hydrogen) atoms. The molecule has 168 valence electrons. The molecule has 10 heteroatoms. The minimum Gasteiger partial charge on any atom is -0.370 e. The lowest BCUT2D eigenvalue weighted by atomic mass is 10.1. The third-order valence-corrected chi connectivity index (χ3v) is 7.66. The Morgan fingerprint density at radius 3 is 2.61 bits per heavy atom. The van der Waals surface area contributed by atoms with Crippen molar-refractivity contribution in [2.75, 3.05) is 39.8 Å². The summed E-state index contributed by atoms with van der Waals surface area (Å²) in [6.07, 6.45) is 5.63. The molecular weight excluding hydrogens is 416 g/mol. The Balaban J connectivity index is 1.36. The highest BCUT2D eigenvalue weighted by Crippen LogP contribution is 2.22. The Morgan fingerprint density at radius 2 is 1.97 bits per heavy atom. The smallest absolute Gasteiger partial charge is 0.243 e. The van der Waals surface area contributed by atoms with E-state index in [0.29, 0.717) is 37.7 Å². The Morgan fingerprint density at radius 1 is 1.23 bits per heavy atom. The highest BCUT2D eigenvalue weighted by Gasteiger charge is 2.27. The number of aryl methyl sites for hydroxylation is 1. The van der Waals surface area contributed by atoms with Crippen LogP contribution >= 0.6 is 0 Å². The van der Waals surface area contributed by atoms with Crippen LogP contribution in [-0.2, 0) is 28.4 Å². The summed E-state index contributed by atoms with van der Waals surface area (Å²) in [5, 5.41) is 7.62. The fraction of sp³-hybridized carbons (Fsp3) is 0.524. The second kappa shape index (κ2) is 9.37. The second-order valence-corrected chi connectivity index (χ2v) is 9.85. The molecule has 2 fully saturated rings. The van der Waals surface area contributed by atoms with E-state index in [0.717, 1.165) is 36.5 Å². The molecule has 2 aliphatic rings. The maximum atomic E-state index is 12.7. The van der Waals surface area contributed by atoms with E-state index in [9.17, 15) is 8.42 Å². The Bertz CT molecular complexity index is 1010. The fourth-order valence-electron chi connectivity index (χ4n) is 4.02. The molecule has 0 spiro atoms. The molecule has 4 rings (SSSR count). The number of ether oxygens (including phenoxy) is 1. The van der Waals surface area contributed by atoms with Gasteiger partial charge in [0.05, 0.1) is 24.2 Å². The first kappa shape index (κ1) is 21.8. The highest BCUT2D eigenvalue weighted by molar-refractivity contribution is 7.89. The average Bonchev–Trinajstić information content (AvgIpc) is 3.47. The fourth-order valence-corrected chi connectivity index (χ4v) is 5.54. The van der Waals surface area contributed by atoms with E-state index in [1.54, 1.807) is 28.2 Å². The van der Waals surface area contributed by atoms with Crippen molar-refractivity contribution >= 4 is 16.0 Å². The monoisotopic (exact) mass is 446 g/mol. The number of hydrogen-bond acceptors (Lipinski definition) is 5. The van der Waals surface area contributed by atoms with Crippen LogP contribution in [0.15, 0.2) is 46.5 Å². The lowest BCUT2D eigenvalue weighted by Gasteiger charge is -2.34. The molecule has 0 saturated carbocycles. The molecule has 0 radical (unpaired) electrons. The van der Waals surface area contributed by atoms with Gasteiger partial charge in [0.25, 0.3) is 0 Å². The number of nitrogens with zero attached hydrogens (tertiary/aromatic N) is 5. The van der Waals surface area contributed by atoms with Gasteiger partial charge in [-0.05, 0) is 30.5 Å². The van der Waals surface area contributed by atoms with Crippen molar-refractivity contribution in [1.29, 1.82) is 0 Å². The Labute approximate surface area is 183 Å². The molecule has 1 aromatic carbocycles. The summed E-state index contributed by atoms with van der Waals surface area (Å²) >= 11 is 0. The van der Waals surface area contributed by atoms with Crippen LogP contribution in [0.2, 0.25) is 0 Å². The summed E-state index contributed by atoms with van der Waals surface area (Å²) in [7, 11) is 0.282. The molecule has 0 amide bonds. The van der Waals surface area contributed by atoms with Crippen LogP contribution in [0, 0.1) is 0 Å². The molecule has 2 saturated heterocycles. The number of aromatic nitrogens is 2. The summed E-state index contributed by atoms with van der Waals surface area (Å²) in [5.41, 5.74) is 2.05. The Hall–Kier alpha value is -2.43. The zero-order valence-electron chi connectivity index (χ0n) is 18.1. The van der Waals surface area contributed by atoms with Gasteiger partial charge in [0.15, 0.2) is 5.96 Å². The molecular formula is C21H30N6O3S. The van der Waals surface area contributed by atoms with Crippen molar-refractivity contribution in [3.63, 3.8) is 0 Å². The van der Waals surface area contributed by atoms with E-state index in [1.165, 1.54) is 0 Å². The van der Waals surface area contributed by atoms with Gasteiger partial charge < -0.3 is 15.0 Å². The molecule has 9 nitrogen and oxygen atoms in total. The first-order chi connectivity index (χ1) is 15.0. The minimum atomic E-state index is -3.38. The van der Waals surface area contributed by atoms with Crippen molar-refractivity contribution in [1.82, 2.24) is 24.3 Å². The van der Waals surface area contributed by atoms with Gasteiger partial charge in [0.1, 0.15) is 6.10 Å². The van der Waals surface area contributed by atoms with Crippen LogP contribution < -0.4 is 5.32 Å². The number of morpholine rings is 1. The van der Waals surface area contributed by atoms with Gasteiger partial charge in [0.2, 0.25) is 10.0 Å². The maximum absolute atomic E-state index is 12.7. The highest BCUT2D eigenvalue weighted by atomic mass is 32.2. The normalized spacial score (nSPS) is 20.9. The zero-order chi connectivity index (χ0) is 21.8. The minimum absolute atomic E-state index is 0.0453. The topological polar surface area (TPSA) is 92.1 Å². The largest absolute Gasteiger partial charge is 0.370 e. The van der Waals surface area contributed by atoms with E-state index in [2.05, 4.69) is 20.3 Å². The van der Waals surface area contributed by atoms with E-state index in [-0.39, 0.29) is 6.10 Å². The van der Waals surface area contributed by atoms with Gasteiger partial charge in [-0.1, -0.05) is 12.1 Å². The molecule has 3 heterocycles. The van der Waals surface area contributed by atoms with Crippen LogP contribution in [0.5, 0.6) is 0 Å². The van der Waals surface area contributed by atoms with E-state index >= 15 is 0 Å². The molecule has 1 N–H and O–H groups in total. The van der Waals surface area contributed by atoms with Crippen LogP contribution in [0.3, 0.4) is 0 Å². The third kappa shape index (κ3) is 4.91. The van der Waals surface area contributed by atoms with Crippen molar-refractivity contribution in [3.05, 3.63) is 47.8 Å². The third-order valence-electron chi connectivity index (χ3n) is 5.75. The predicted octanol–water partition coefficient (Wildman–Crippen LogP) is 1.35. The summed E-state index contributed by atoms with van der Waals surface area (Å²) in [4.78, 5) is 6.95. The van der Waals surface area contributed by atoms with Crippen LogP contribution in [0.25, 0.3) is 0 Å². The SMILES string of the molecule is CN=C(NCc1ccc(S(=O)(=O)N2CCCC2)cc1)N1CCOC(c2cnn(C)c2)C1. The molecule has 0 aliphatic carbocycles. The molecule has 2 aliphatic heterocycles. The number of sulfonamides is 1. The van der Waals surface area contributed by atoms with Gasteiger partial charge in [-0.25, -0.2) is 8.42 Å². The standard InChI is InChI=1S/C21H30N6O3S/c1-22-21(26-11-12-30-20(16-26)18-14-24-25(2)15-18)23-13-17-5-7-19(8-6-17)31(28,29)27-9-3-4-10-27/h5-8,14-15,20H,3-4,9-13,16H2,1-2H3,(H,22,23). The number of hydrogen-bond donors (Lipinski definition) is 1. The van der Waals surface area contributed by atoms with E-state index in [4.69, 9.17) is 4.74 Å². The number of nitrogens with one attached hydrogen (secondary N) is 1. The van der Waals surface area contributed by atoms with Crippen molar-refractivity contribution in [3.8, 4) is 0 Å². The summed E-state index contributed by atoms with van der Waals surface area (Å²) < 4.78 is 34.6. The van der Waals surface area contributed by atoms with Gasteiger partial charge in [-0.15, -0.1) is 0 Å². The van der Waals surface area contributed by atoms with E-state index in [1.807, 2.05) is 31.6 Å². The number of benzene rings is 1.